The molecular weight excluding hydrogens is 552 g/mol. The van der Waals surface area contributed by atoms with E-state index >= 15 is 0 Å². The van der Waals surface area contributed by atoms with E-state index in [1.54, 1.807) is 0 Å². The van der Waals surface area contributed by atoms with Gasteiger partial charge in [0.1, 0.15) is 0 Å². The van der Waals surface area contributed by atoms with E-state index < -0.39 is 5.97 Å². The van der Waals surface area contributed by atoms with Crippen LogP contribution in [0.25, 0.3) is 0 Å². The summed E-state index contributed by atoms with van der Waals surface area (Å²) in [5.74, 6) is -0.935. The molecule has 1 aromatic carbocycles. The Bertz CT molecular complexity index is 418. The minimum atomic E-state index is -0.935. The fourth-order valence-corrected chi connectivity index (χ4v) is 3.56. The molecule has 0 saturated carbocycles. The van der Waals surface area contributed by atoms with Crippen molar-refractivity contribution in [2.45, 2.75) is 6.92 Å². The second-order valence-electron chi connectivity index (χ2n) is 2.87. The van der Waals surface area contributed by atoms with E-state index in [-0.39, 0.29) is 5.57 Å². The van der Waals surface area contributed by atoms with E-state index in [1.807, 2.05) is 6.07 Å². The van der Waals surface area contributed by atoms with Crippen molar-refractivity contribution in [3.05, 3.63) is 40.6 Å². The van der Waals surface area contributed by atoms with Gasteiger partial charge in [-0.05, 0) is 92.6 Å². The molecule has 0 bridgehead atoms. The zero-order valence-electron chi connectivity index (χ0n) is 8.53. The Hall–Kier alpha value is 0.830. The van der Waals surface area contributed by atoms with E-state index in [0.29, 0.717) is 0 Å². The van der Waals surface area contributed by atoms with Crippen LogP contribution in [0.3, 0.4) is 0 Å². The average Bonchev–Trinajstić information content (AvgIpc) is 2.24. The number of rotatable bonds is 1. The second kappa shape index (κ2) is 8.09. The zero-order valence-corrected chi connectivity index (χ0v) is 16.5. The van der Waals surface area contributed by atoms with Gasteiger partial charge >= 0.3 is 5.97 Å². The quantitative estimate of drug-likeness (QED) is 0.255. The van der Waals surface area contributed by atoms with Gasteiger partial charge in [-0.25, -0.2) is 4.79 Å². The molecule has 0 amide bonds. The standard InChI is InChI=1S/C6HBr5.C4H6O2/c7-2-1-3(8)5(10)6(11)4(2)9;1-3(2)4(5)6/h1H;1H2,2H3,(H,5,6). The van der Waals surface area contributed by atoms with Crippen LogP contribution in [0.15, 0.2) is 40.6 Å². The van der Waals surface area contributed by atoms with Gasteiger partial charge in [-0.3, -0.25) is 0 Å². The first-order valence-electron chi connectivity index (χ1n) is 4.05. The maximum Gasteiger partial charge on any atom is 0.330 e. The number of carbonyl (C=O) groups is 1. The maximum atomic E-state index is 9.60. The summed E-state index contributed by atoms with van der Waals surface area (Å²) in [7, 11) is 0. The normalized spacial score (nSPS) is 9.29. The van der Waals surface area contributed by atoms with Gasteiger partial charge in [0.2, 0.25) is 0 Å². The highest BCUT2D eigenvalue weighted by atomic mass is 79.9. The highest BCUT2D eigenvalue weighted by molar-refractivity contribution is 9.15. The van der Waals surface area contributed by atoms with Crippen molar-refractivity contribution in [2.24, 2.45) is 0 Å². The third-order valence-electron chi connectivity index (χ3n) is 1.42. The van der Waals surface area contributed by atoms with Crippen molar-refractivity contribution >= 4 is 85.6 Å². The van der Waals surface area contributed by atoms with Gasteiger partial charge in [0.15, 0.2) is 0 Å². The molecular formula is C10H7Br5O2. The van der Waals surface area contributed by atoms with Crippen LogP contribution in [0, 0.1) is 0 Å². The van der Waals surface area contributed by atoms with Crippen LogP contribution in [0.2, 0.25) is 0 Å². The topological polar surface area (TPSA) is 37.3 Å². The van der Waals surface area contributed by atoms with Crippen LogP contribution >= 0.6 is 79.6 Å². The van der Waals surface area contributed by atoms with Gasteiger partial charge in [0, 0.05) is 27.9 Å². The lowest BCUT2D eigenvalue weighted by Gasteiger charge is -2.04. The summed E-state index contributed by atoms with van der Waals surface area (Å²) in [5, 5.41) is 7.89. The predicted octanol–water partition coefficient (Wildman–Crippen LogP) is 6.15. The molecule has 0 unspecified atom stereocenters. The van der Waals surface area contributed by atoms with Crippen molar-refractivity contribution in [1.29, 1.82) is 0 Å². The lowest BCUT2D eigenvalue weighted by molar-refractivity contribution is -0.132. The Balaban J connectivity index is 0.000000366. The number of aliphatic carboxylic acids is 1. The van der Waals surface area contributed by atoms with Crippen LogP contribution < -0.4 is 0 Å². The van der Waals surface area contributed by atoms with Gasteiger partial charge in [-0.15, -0.1) is 0 Å². The van der Waals surface area contributed by atoms with Crippen molar-refractivity contribution in [2.75, 3.05) is 0 Å². The van der Waals surface area contributed by atoms with E-state index in [4.69, 9.17) is 5.11 Å². The van der Waals surface area contributed by atoms with Crippen LogP contribution in [0.5, 0.6) is 0 Å². The van der Waals surface area contributed by atoms with Crippen LogP contribution in [-0.4, -0.2) is 11.1 Å². The third-order valence-corrected chi connectivity index (χ3v) is 7.24. The first-order valence-corrected chi connectivity index (χ1v) is 8.02. The molecule has 1 N–H and O–H groups in total. The van der Waals surface area contributed by atoms with Gasteiger partial charge in [0.25, 0.3) is 0 Å². The lowest BCUT2D eigenvalue weighted by atomic mass is 10.4. The largest absolute Gasteiger partial charge is 0.478 e. The molecule has 0 fully saturated rings. The molecule has 1 aromatic rings. The molecule has 0 saturated heterocycles. The van der Waals surface area contributed by atoms with Crippen molar-refractivity contribution in [3.63, 3.8) is 0 Å². The third kappa shape index (κ3) is 6.00. The molecule has 2 nitrogen and oxygen atoms in total. The molecule has 0 spiro atoms. The molecule has 0 aliphatic rings. The monoisotopic (exact) mass is 554 g/mol. The summed E-state index contributed by atoms with van der Waals surface area (Å²) in [4.78, 5) is 9.60. The summed E-state index contributed by atoms with van der Waals surface area (Å²) < 4.78 is 5.04. The smallest absolute Gasteiger partial charge is 0.330 e. The summed E-state index contributed by atoms with van der Waals surface area (Å²) in [6.45, 7) is 4.60. The number of halogens is 5. The molecule has 94 valence electrons. The zero-order chi connectivity index (χ0) is 13.7. The number of carboxylic acid groups (broad SMARTS) is 1. The summed E-state index contributed by atoms with van der Waals surface area (Å²) in [6, 6.07) is 1.97. The maximum absolute atomic E-state index is 9.60. The van der Waals surface area contributed by atoms with Crippen molar-refractivity contribution in [3.8, 4) is 0 Å². The number of carboxylic acids is 1. The number of hydrogen-bond donors (Lipinski definition) is 1. The second-order valence-corrected chi connectivity index (χ2v) is 6.96. The van der Waals surface area contributed by atoms with Gasteiger partial charge < -0.3 is 5.11 Å². The summed E-state index contributed by atoms with van der Waals surface area (Å²) in [6.07, 6.45) is 0. The molecule has 1 rings (SSSR count). The highest BCUT2D eigenvalue weighted by Crippen LogP contribution is 2.40. The van der Waals surface area contributed by atoms with Gasteiger partial charge in [-0.2, -0.15) is 0 Å². The van der Waals surface area contributed by atoms with Crippen LogP contribution in [0.4, 0.5) is 0 Å². The van der Waals surface area contributed by atoms with Crippen LogP contribution in [-0.2, 0) is 4.79 Å². The average molecular weight is 559 g/mol. The van der Waals surface area contributed by atoms with Crippen LogP contribution in [0.1, 0.15) is 6.92 Å². The SMILES string of the molecule is Brc1cc(Br)c(Br)c(Br)c1Br.C=C(C)C(=O)O. The minimum absolute atomic E-state index is 0.176. The molecule has 0 aliphatic carbocycles. The Labute approximate surface area is 142 Å². The minimum Gasteiger partial charge on any atom is -0.478 e. The fourth-order valence-electron chi connectivity index (χ4n) is 0.544. The van der Waals surface area contributed by atoms with Crippen molar-refractivity contribution < 1.29 is 9.90 Å². The number of benzene rings is 1. The van der Waals surface area contributed by atoms with E-state index in [2.05, 4.69) is 86.2 Å². The summed E-state index contributed by atoms with van der Waals surface area (Å²) in [5.41, 5.74) is 0.176. The van der Waals surface area contributed by atoms with Gasteiger partial charge in [-0.1, -0.05) is 6.58 Å². The fraction of sp³-hybridized carbons (Fsp3) is 0.100. The predicted molar refractivity (Wildman–Crippen MR) is 87.4 cm³/mol. The Morgan fingerprint density at radius 3 is 1.59 bits per heavy atom. The first kappa shape index (κ1) is 17.8. The number of hydrogen-bond acceptors (Lipinski definition) is 1. The Kier molecular flexibility index (Phi) is 8.49. The first-order chi connectivity index (χ1) is 7.68. The molecule has 0 atom stereocenters. The molecule has 0 radical (unpaired) electrons. The lowest BCUT2D eigenvalue weighted by Crippen LogP contribution is -1.92. The molecule has 0 aliphatic heterocycles. The van der Waals surface area contributed by atoms with E-state index in [9.17, 15) is 4.79 Å². The molecule has 17 heavy (non-hydrogen) atoms. The summed E-state index contributed by atoms with van der Waals surface area (Å²) >= 11 is 17.1. The highest BCUT2D eigenvalue weighted by Gasteiger charge is 2.09. The molecule has 0 heterocycles. The van der Waals surface area contributed by atoms with Crippen molar-refractivity contribution in [1.82, 2.24) is 0 Å². The Morgan fingerprint density at radius 1 is 1.06 bits per heavy atom. The van der Waals surface area contributed by atoms with E-state index in [1.165, 1.54) is 6.92 Å². The molecule has 0 aromatic heterocycles. The molecule has 7 heteroatoms. The van der Waals surface area contributed by atoms with Gasteiger partial charge in [0.05, 0.1) is 0 Å². The van der Waals surface area contributed by atoms with E-state index in [0.717, 1.165) is 22.4 Å². The Morgan fingerprint density at radius 2 is 1.35 bits per heavy atom.